The van der Waals surface area contributed by atoms with Crippen molar-refractivity contribution in [3.63, 3.8) is 0 Å². The third-order valence-electron chi connectivity index (χ3n) is 5.24. The van der Waals surface area contributed by atoms with Gasteiger partial charge in [0, 0.05) is 13.5 Å². The summed E-state index contributed by atoms with van der Waals surface area (Å²) in [5.41, 5.74) is 2.15. The number of ether oxygens (including phenoxy) is 1. The Hall–Kier alpha value is -3.65. The van der Waals surface area contributed by atoms with Crippen molar-refractivity contribution in [1.82, 2.24) is 15.3 Å². The van der Waals surface area contributed by atoms with E-state index < -0.39 is 11.7 Å². The molecule has 2 aromatic carbocycles. The fraction of sp³-hybridized carbons (Fsp3) is 0.345. The zero-order valence-corrected chi connectivity index (χ0v) is 23.4. The van der Waals surface area contributed by atoms with Crippen molar-refractivity contribution in [1.29, 1.82) is 0 Å². The fourth-order valence-corrected chi connectivity index (χ4v) is 2.79. The van der Waals surface area contributed by atoms with E-state index in [0.717, 1.165) is 12.2 Å². The molecule has 38 heavy (non-hydrogen) atoms. The largest absolute Gasteiger partial charge is 0.429 e. The van der Waals surface area contributed by atoms with E-state index in [-0.39, 0.29) is 28.7 Å². The lowest BCUT2D eigenvalue weighted by Crippen LogP contribution is -2.24. The van der Waals surface area contributed by atoms with Crippen LogP contribution in [-0.4, -0.2) is 28.1 Å². The molecular weight excluding hydrogens is 509 g/mol. The van der Waals surface area contributed by atoms with Crippen molar-refractivity contribution >= 4 is 29.8 Å². The first kappa shape index (κ1) is 32.4. The number of hydrogen-bond donors (Lipinski definition) is 1. The predicted molar refractivity (Wildman–Crippen MR) is 147 cm³/mol. The molecule has 0 saturated carbocycles. The van der Waals surface area contributed by atoms with Crippen molar-refractivity contribution in [3.8, 4) is 5.75 Å². The average molecular weight is 544 g/mol. The molecule has 1 heterocycles. The van der Waals surface area contributed by atoms with Crippen molar-refractivity contribution in [3.05, 3.63) is 88.2 Å². The van der Waals surface area contributed by atoms with Crippen LogP contribution in [0.2, 0.25) is 5.02 Å². The van der Waals surface area contributed by atoms with E-state index >= 15 is 0 Å². The summed E-state index contributed by atoms with van der Waals surface area (Å²) in [7, 11) is 0. The van der Waals surface area contributed by atoms with Crippen LogP contribution in [0, 0.1) is 11.7 Å². The van der Waals surface area contributed by atoms with Crippen LogP contribution in [0.25, 0.3) is 0 Å². The number of carbonyl (C=O) groups excluding carboxylic acids is 3. The molecule has 0 aliphatic heterocycles. The summed E-state index contributed by atoms with van der Waals surface area (Å²) in [6.45, 7) is 12.8. The Balaban J connectivity index is 0.000000357. The summed E-state index contributed by atoms with van der Waals surface area (Å²) >= 11 is 5.66. The quantitative estimate of drug-likeness (QED) is 0.248. The molecule has 0 unspecified atom stereocenters. The molecule has 0 aliphatic rings. The van der Waals surface area contributed by atoms with Crippen LogP contribution < -0.4 is 10.1 Å². The third-order valence-corrected chi connectivity index (χ3v) is 5.53. The van der Waals surface area contributed by atoms with Gasteiger partial charge in [-0.25, -0.2) is 14.4 Å². The zero-order valence-electron chi connectivity index (χ0n) is 22.6. The highest BCUT2D eigenvalue weighted by Gasteiger charge is 2.11. The van der Waals surface area contributed by atoms with E-state index in [2.05, 4.69) is 54.6 Å². The first-order valence-electron chi connectivity index (χ1n) is 12.2. The number of nitrogens with one attached hydrogen (secondary N) is 1. The lowest BCUT2D eigenvalue weighted by Gasteiger charge is -2.06. The maximum atomic E-state index is 13.0. The lowest BCUT2D eigenvalue weighted by atomic mass is 10.0. The molecule has 1 aromatic heterocycles. The first-order valence-corrected chi connectivity index (χ1v) is 12.6. The Labute approximate surface area is 228 Å². The van der Waals surface area contributed by atoms with E-state index in [9.17, 15) is 18.8 Å². The van der Waals surface area contributed by atoms with E-state index in [0.29, 0.717) is 23.7 Å². The Bertz CT molecular complexity index is 1180. The summed E-state index contributed by atoms with van der Waals surface area (Å²) in [5.74, 6) is 0.755. The minimum atomic E-state index is -0.520. The first-order chi connectivity index (χ1) is 18.0. The second kappa shape index (κ2) is 17.0. The molecule has 3 aromatic rings. The van der Waals surface area contributed by atoms with Gasteiger partial charge in [0.25, 0.3) is 12.4 Å². The van der Waals surface area contributed by atoms with Crippen LogP contribution in [-0.2, 0) is 11.3 Å². The van der Waals surface area contributed by atoms with Gasteiger partial charge in [0.2, 0.25) is 0 Å². The van der Waals surface area contributed by atoms with Gasteiger partial charge in [-0.1, -0.05) is 70.8 Å². The Morgan fingerprint density at radius 1 is 1.03 bits per heavy atom. The minimum absolute atomic E-state index is 0.0114. The molecule has 204 valence electrons. The van der Waals surface area contributed by atoms with Crippen molar-refractivity contribution in [2.45, 2.75) is 60.4 Å². The normalized spacial score (nSPS) is 10.1. The van der Waals surface area contributed by atoms with Gasteiger partial charge < -0.3 is 10.1 Å². The summed E-state index contributed by atoms with van der Waals surface area (Å²) in [5, 5.41) is 2.60. The molecule has 9 heteroatoms. The van der Waals surface area contributed by atoms with Gasteiger partial charge >= 0.3 is 0 Å². The van der Waals surface area contributed by atoms with Crippen LogP contribution >= 0.6 is 11.6 Å². The number of aromatic nitrogens is 2. The van der Waals surface area contributed by atoms with Crippen molar-refractivity contribution < 1.29 is 23.5 Å². The maximum absolute atomic E-state index is 13.0. The van der Waals surface area contributed by atoms with Crippen LogP contribution in [0.1, 0.15) is 86.0 Å². The Morgan fingerprint density at radius 2 is 1.63 bits per heavy atom. The van der Waals surface area contributed by atoms with Crippen molar-refractivity contribution in [2.75, 3.05) is 0 Å². The van der Waals surface area contributed by atoms with E-state index in [1.54, 1.807) is 12.1 Å². The van der Waals surface area contributed by atoms with Crippen LogP contribution in [0.3, 0.4) is 0 Å². The van der Waals surface area contributed by atoms with E-state index in [1.807, 2.05) is 12.1 Å². The Kier molecular flexibility index (Phi) is 14.5. The SMILES string of the molecule is CC(=O)c1cc(C(=O)NCc2ccc(F)c(Cl)c2)ncn1.CC(C)c1ccc(OC=O)cc1.CCC(C)C. The molecule has 3 rings (SSSR count). The Morgan fingerprint density at radius 3 is 2.13 bits per heavy atom. The van der Waals surface area contributed by atoms with Gasteiger partial charge in [-0.05, 0) is 53.3 Å². The van der Waals surface area contributed by atoms with E-state index in [1.165, 1.54) is 43.2 Å². The molecule has 0 radical (unpaired) electrons. The molecule has 0 bridgehead atoms. The second-order valence-electron chi connectivity index (χ2n) is 9.02. The predicted octanol–water partition coefficient (Wildman–Crippen LogP) is 6.80. The van der Waals surface area contributed by atoms with Crippen LogP contribution in [0.4, 0.5) is 4.39 Å². The van der Waals surface area contributed by atoms with Gasteiger partial charge in [0.1, 0.15) is 29.3 Å². The van der Waals surface area contributed by atoms with Gasteiger partial charge in [-0.15, -0.1) is 0 Å². The number of ketones is 1. The number of benzene rings is 2. The molecule has 0 aliphatic carbocycles. The molecule has 1 N–H and O–H groups in total. The topological polar surface area (TPSA) is 98.2 Å². The number of rotatable bonds is 8. The second-order valence-corrected chi connectivity index (χ2v) is 9.42. The third kappa shape index (κ3) is 12.1. The smallest absolute Gasteiger partial charge is 0.298 e. The van der Waals surface area contributed by atoms with Crippen LogP contribution in [0.15, 0.2) is 54.9 Å². The van der Waals surface area contributed by atoms with Gasteiger partial charge in [-0.3, -0.25) is 14.4 Å². The molecule has 0 saturated heterocycles. The number of hydrogen-bond acceptors (Lipinski definition) is 6. The number of Topliss-reactive ketones (excluding diaryl/α,β-unsaturated/α-hetero) is 1. The van der Waals surface area contributed by atoms with Crippen molar-refractivity contribution in [2.24, 2.45) is 5.92 Å². The summed E-state index contributed by atoms with van der Waals surface area (Å²) < 4.78 is 17.7. The highest BCUT2D eigenvalue weighted by atomic mass is 35.5. The number of halogens is 2. The van der Waals surface area contributed by atoms with Crippen LogP contribution in [0.5, 0.6) is 5.75 Å². The molecule has 0 spiro atoms. The van der Waals surface area contributed by atoms with Gasteiger partial charge in [0.15, 0.2) is 5.78 Å². The molecular formula is C29H35ClFN3O4. The maximum Gasteiger partial charge on any atom is 0.298 e. The highest BCUT2D eigenvalue weighted by Crippen LogP contribution is 2.18. The number of amides is 1. The standard InChI is InChI=1S/C14H11ClFN3O2.C10H12O2.C5H12/c1-8(20)12-5-13(19-7-18-12)14(21)17-6-9-2-3-11(16)10(15)4-9;1-8(2)9-3-5-10(6-4-9)12-7-11;1-4-5(2)3/h2-5,7H,6H2,1H3,(H,17,21);3-8H,1-2H3;5H,4H2,1-3H3. The summed E-state index contributed by atoms with van der Waals surface area (Å²) in [6.07, 6.45) is 2.46. The molecule has 7 nitrogen and oxygen atoms in total. The van der Waals surface area contributed by atoms with Gasteiger partial charge in [0.05, 0.1) is 5.02 Å². The number of nitrogens with zero attached hydrogens (tertiary/aromatic N) is 2. The summed E-state index contributed by atoms with van der Waals surface area (Å²) in [4.78, 5) is 40.7. The summed E-state index contributed by atoms with van der Waals surface area (Å²) in [6, 6.07) is 13.0. The number of carbonyl (C=O) groups is 3. The van der Waals surface area contributed by atoms with Gasteiger partial charge in [-0.2, -0.15) is 0 Å². The zero-order chi connectivity index (χ0) is 28.7. The minimum Gasteiger partial charge on any atom is -0.429 e. The lowest BCUT2D eigenvalue weighted by molar-refractivity contribution is -0.120. The fourth-order valence-electron chi connectivity index (χ4n) is 2.58. The molecule has 0 fully saturated rings. The average Bonchev–Trinajstić information content (AvgIpc) is 2.90. The highest BCUT2D eigenvalue weighted by molar-refractivity contribution is 6.30. The van der Waals surface area contributed by atoms with E-state index in [4.69, 9.17) is 11.6 Å². The monoisotopic (exact) mass is 543 g/mol. The molecule has 1 amide bonds. The molecule has 0 atom stereocenters.